The third-order valence-electron chi connectivity index (χ3n) is 3.31. The molecule has 0 heterocycles. The zero-order valence-corrected chi connectivity index (χ0v) is 14.6. The largest absolute Gasteiger partial charge is 0.493 e. The second kappa shape index (κ2) is 7.11. The number of para-hydroxylation sites is 1. The number of aryl methyl sites for hydroxylation is 1. The number of sulfonamides is 1. The van der Waals surface area contributed by atoms with E-state index in [2.05, 4.69) is 0 Å². The minimum Gasteiger partial charge on any atom is -0.493 e. The van der Waals surface area contributed by atoms with Crippen LogP contribution >= 0.6 is 11.6 Å². The average molecular weight is 370 g/mol. The Kier molecular flexibility index (Phi) is 5.36. The molecular formula is C16H16ClNO5S. The number of hydrogen-bond donors (Lipinski definition) is 1. The van der Waals surface area contributed by atoms with Crippen molar-refractivity contribution >= 4 is 33.3 Å². The molecule has 0 bridgehead atoms. The molecule has 2 rings (SSSR count). The Labute approximate surface area is 145 Å². The molecule has 0 aliphatic rings. The van der Waals surface area contributed by atoms with E-state index in [9.17, 15) is 13.2 Å². The molecular weight excluding hydrogens is 354 g/mol. The van der Waals surface area contributed by atoms with Gasteiger partial charge in [0.2, 0.25) is 0 Å². The molecule has 2 aromatic carbocycles. The van der Waals surface area contributed by atoms with Crippen molar-refractivity contribution in [3.05, 3.63) is 53.1 Å². The molecule has 24 heavy (non-hydrogen) atoms. The number of carboxylic acids is 1. The predicted octanol–water partition coefficient (Wildman–Crippen LogP) is 2.94. The number of benzene rings is 2. The van der Waals surface area contributed by atoms with Crippen LogP contribution in [-0.2, 0) is 14.8 Å². The predicted molar refractivity (Wildman–Crippen MR) is 91.4 cm³/mol. The van der Waals surface area contributed by atoms with Gasteiger partial charge in [-0.05, 0) is 31.2 Å². The van der Waals surface area contributed by atoms with Gasteiger partial charge in [-0.1, -0.05) is 35.4 Å². The Morgan fingerprint density at radius 1 is 1.21 bits per heavy atom. The molecule has 1 N–H and O–H groups in total. The van der Waals surface area contributed by atoms with Gasteiger partial charge in [0.1, 0.15) is 6.54 Å². The molecule has 8 heteroatoms. The highest BCUT2D eigenvalue weighted by Gasteiger charge is 2.30. The summed E-state index contributed by atoms with van der Waals surface area (Å²) >= 11 is 6.03. The van der Waals surface area contributed by atoms with Crippen LogP contribution in [0.2, 0.25) is 5.02 Å². The van der Waals surface area contributed by atoms with Crippen LogP contribution in [0.3, 0.4) is 0 Å². The molecule has 0 aromatic heterocycles. The second-order valence-electron chi connectivity index (χ2n) is 5.01. The van der Waals surface area contributed by atoms with E-state index in [-0.39, 0.29) is 21.4 Å². The number of methoxy groups -OCH3 is 1. The molecule has 0 unspecified atom stereocenters. The first-order chi connectivity index (χ1) is 11.3. The molecule has 0 aliphatic heterocycles. The number of carboxylic acid groups (broad SMARTS) is 1. The Morgan fingerprint density at radius 2 is 1.83 bits per heavy atom. The van der Waals surface area contributed by atoms with E-state index in [4.69, 9.17) is 21.4 Å². The van der Waals surface area contributed by atoms with Crippen LogP contribution in [0, 0.1) is 6.92 Å². The van der Waals surface area contributed by atoms with Gasteiger partial charge in [0, 0.05) is 0 Å². The van der Waals surface area contributed by atoms with Crippen LogP contribution in [0.5, 0.6) is 5.75 Å². The van der Waals surface area contributed by atoms with E-state index in [1.807, 2.05) is 6.92 Å². The van der Waals surface area contributed by atoms with Gasteiger partial charge in [0.25, 0.3) is 10.0 Å². The number of anilines is 1. The third-order valence-corrected chi connectivity index (χ3v) is 5.38. The van der Waals surface area contributed by atoms with Crippen LogP contribution in [0.1, 0.15) is 5.56 Å². The summed E-state index contributed by atoms with van der Waals surface area (Å²) in [6, 6.07) is 10.6. The number of hydrogen-bond acceptors (Lipinski definition) is 4. The monoisotopic (exact) mass is 369 g/mol. The fourth-order valence-electron chi connectivity index (χ4n) is 2.16. The van der Waals surface area contributed by atoms with E-state index in [1.165, 1.54) is 37.4 Å². The van der Waals surface area contributed by atoms with E-state index in [0.717, 1.165) is 9.87 Å². The summed E-state index contributed by atoms with van der Waals surface area (Å²) in [5.74, 6) is -1.20. The third kappa shape index (κ3) is 3.63. The number of aliphatic carboxylic acids is 1. The first-order valence-corrected chi connectivity index (χ1v) is 8.73. The van der Waals surface area contributed by atoms with Gasteiger partial charge in [0.05, 0.1) is 22.7 Å². The minimum absolute atomic E-state index is 0.0172. The zero-order valence-electron chi connectivity index (χ0n) is 13.1. The Hall–Kier alpha value is -2.25. The molecule has 0 saturated carbocycles. The molecule has 0 fully saturated rings. The van der Waals surface area contributed by atoms with Crippen molar-refractivity contribution in [1.82, 2.24) is 0 Å². The zero-order chi connectivity index (χ0) is 17.9. The number of rotatable bonds is 6. The Balaban J connectivity index is 2.63. The number of nitrogens with zero attached hydrogens (tertiary/aromatic N) is 1. The molecule has 2 aromatic rings. The van der Waals surface area contributed by atoms with Crippen molar-refractivity contribution in [2.24, 2.45) is 0 Å². The molecule has 6 nitrogen and oxygen atoms in total. The normalized spacial score (nSPS) is 11.1. The van der Waals surface area contributed by atoms with E-state index in [1.54, 1.807) is 12.1 Å². The smallest absolute Gasteiger partial charge is 0.324 e. The second-order valence-corrected chi connectivity index (χ2v) is 7.28. The lowest BCUT2D eigenvalue weighted by molar-refractivity contribution is -0.135. The van der Waals surface area contributed by atoms with Crippen molar-refractivity contribution in [2.45, 2.75) is 11.8 Å². The lowest BCUT2D eigenvalue weighted by Gasteiger charge is -2.25. The van der Waals surface area contributed by atoms with Gasteiger partial charge >= 0.3 is 5.97 Å². The minimum atomic E-state index is -4.10. The van der Waals surface area contributed by atoms with Crippen molar-refractivity contribution in [3.63, 3.8) is 0 Å². The van der Waals surface area contributed by atoms with Gasteiger partial charge in [-0.2, -0.15) is 0 Å². The maximum absolute atomic E-state index is 12.9. The number of halogens is 1. The highest BCUT2D eigenvalue weighted by Crippen LogP contribution is 2.37. The lowest BCUT2D eigenvalue weighted by atomic mass is 10.2. The van der Waals surface area contributed by atoms with Crippen LogP contribution in [0.4, 0.5) is 5.69 Å². The molecule has 0 atom stereocenters. The highest BCUT2D eigenvalue weighted by atomic mass is 35.5. The van der Waals surface area contributed by atoms with Crippen LogP contribution < -0.4 is 9.04 Å². The molecule has 0 saturated heterocycles. The van der Waals surface area contributed by atoms with Gasteiger partial charge in [-0.25, -0.2) is 8.42 Å². The SMILES string of the molecule is COc1c(Cl)cccc1N(CC(=O)O)S(=O)(=O)c1ccc(C)cc1. The Bertz CT molecular complexity index is 849. The fraction of sp³-hybridized carbons (Fsp3) is 0.188. The quantitative estimate of drug-likeness (QED) is 0.846. The van der Waals surface area contributed by atoms with Crippen LogP contribution in [0.15, 0.2) is 47.4 Å². The van der Waals surface area contributed by atoms with Crippen molar-refractivity contribution in [3.8, 4) is 5.75 Å². The fourth-order valence-corrected chi connectivity index (χ4v) is 3.82. The topological polar surface area (TPSA) is 83.9 Å². The van der Waals surface area contributed by atoms with Gasteiger partial charge in [0.15, 0.2) is 5.75 Å². The van der Waals surface area contributed by atoms with Crippen LogP contribution in [0.25, 0.3) is 0 Å². The van der Waals surface area contributed by atoms with Crippen molar-refractivity contribution < 1.29 is 23.1 Å². The Morgan fingerprint density at radius 3 is 2.38 bits per heavy atom. The summed E-state index contributed by atoms with van der Waals surface area (Å²) in [5, 5.41) is 9.34. The maximum Gasteiger partial charge on any atom is 0.324 e. The van der Waals surface area contributed by atoms with Gasteiger partial charge in [-0.3, -0.25) is 9.10 Å². The summed E-state index contributed by atoms with van der Waals surface area (Å²) < 4.78 is 31.8. The summed E-state index contributed by atoms with van der Waals surface area (Å²) in [7, 11) is -2.77. The highest BCUT2D eigenvalue weighted by molar-refractivity contribution is 7.92. The molecule has 128 valence electrons. The van der Waals surface area contributed by atoms with Crippen LogP contribution in [-0.4, -0.2) is 33.1 Å². The first-order valence-electron chi connectivity index (χ1n) is 6.91. The average Bonchev–Trinajstić information content (AvgIpc) is 2.52. The van der Waals surface area contributed by atoms with Crippen molar-refractivity contribution in [2.75, 3.05) is 18.0 Å². The van der Waals surface area contributed by atoms with Gasteiger partial charge in [-0.15, -0.1) is 0 Å². The number of carbonyl (C=O) groups is 1. The number of ether oxygens (including phenoxy) is 1. The molecule has 0 amide bonds. The van der Waals surface area contributed by atoms with E-state index < -0.39 is 22.5 Å². The molecule has 0 radical (unpaired) electrons. The van der Waals surface area contributed by atoms with E-state index >= 15 is 0 Å². The summed E-state index contributed by atoms with van der Waals surface area (Å²) in [4.78, 5) is 11.2. The van der Waals surface area contributed by atoms with Gasteiger partial charge < -0.3 is 9.84 Å². The summed E-state index contributed by atoms with van der Waals surface area (Å²) in [6.07, 6.45) is 0. The standard InChI is InChI=1S/C16H16ClNO5S/c1-11-6-8-12(9-7-11)24(21,22)18(10-15(19)20)14-5-3-4-13(17)16(14)23-2/h3-9H,10H2,1-2H3,(H,19,20). The first kappa shape index (κ1) is 18.1. The lowest BCUT2D eigenvalue weighted by Crippen LogP contribution is -2.36. The molecule has 0 spiro atoms. The molecule has 0 aliphatic carbocycles. The summed E-state index contributed by atoms with van der Waals surface area (Å²) in [5.41, 5.74) is 0.951. The van der Waals surface area contributed by atoms with E-state index in [0.29, 0.717) is 0 Å². The maximum atomic E-state index is 12.9. The summed E-state index contributed by atoms with van der Waals surface area (Å²) in [6.45, 7) is 1.07. The van der Waals surface area contributed by atoms with Crippen molar-refractivity contribution in [1.29, 1.82) is 0 Å².